The van der Waals surface area contributed by atoms with Gasteiger partial charge in [-0.1, -0.05) is 41.9 Å². The normalized spacial score (nSPS) is 10.1. The average Bonchev–Trinajstić information content (AvgIpc) is 2.48. The molecule has 0 aromatic heterocycles. The summed E-state index contributed by atoms with van der Waals surface area (Å²) in [5.74, 6) is 0.116. The lowest BCUT2D eigenvalue weighted by atomic mass is 10.2. The summed E-state index contributed by atoms with van der Waals surface area (Å²) in [5.41, 5.74) is 13.1. The second-order valence-corrected chi connectivity index (χ2v) is 5.13. The van der Waals surface area contributed by atoms with Crippen molar-refractivity contribution in [2.24, 2.45) is 16.5 Å². The van der Waals surface area contributed by atoms with Gasteiger partial charge in [-0.25, -0.2) is 0 Å². The molecular weight excluding hydrogens is 284 g/mol. The molecule has 0 bridgehead atoms. The summed E-state index contributed by atoms with van der Waals surface area (Å²) in [6.45, 7) is 2.08. The number of benzene rings is 2. The van der Waals surface area contributed by atoms with Gasteiger partial charge in [0.05, 0.1) is 6.54 Å². The summed E-state index contributed by atoms with van der Waals surface area (Å²) in [7, 11) is 0. The van der Waals surface area contributed by atoms with Crippen LogP contribution in [-0.4, -0.2) is 19.0 Å². The highest BCUT2D eigenvalue weighted by atomic mass is 35.5. The van der Waals surface area contributed by atoms with Crippen molar-refractivity contribution in [2.75, 3.05) is 18.0 Å². The van der Waals surface area contributed by atoms with E-state index in [2.05, 4.69) is 22.0 Å². The Kier molecular flexibility index (Phi) is 5.46. The first-order valence-electron chi connectivity index (χ1n) is 6.75. The van der Waals surface area contributed by atoms with Gasteiger partial charge < -0.3 is 16.4 Å². The number of nitrogens with two attached hydrogens (primary N) is 2. The number of rotatable bonds is 6. The summed E-state index contributed by atoms with van der Waals surface area (Å²) < 4.78 is 0. The molecule has 0 aliphatic heterocycles. The monoisotopic (exact) mass is 302 g/mol. The van der Waals surface area contributed by atoms with Crippen LogP contribution in [0.5, 0.6) is 0 Å². The van der Waals surface area contributed by atoms with Crippen LogP contribution in [0.25, 0.3) is 0 Å². The first-order valence-corrected chi connectivity index (χ1v) is 7.13. The number of halogens is 1. The number of nitrogens with zero attached hydrogens (tertiary/aromatic N) is 2. The zero-order valence-electron chi connectivity index (χ0n) is 11.7. The zero-order chi connectivity index (χ0) is 15.1. The van der Waals surface area contributed by atoms with Crippen LogP contribution >= 0.6 is 11.6 Å². The summed E-state index contributed by atoms with van der Waals surface area (Å²) >= 11 is 5.95. The van der Waals surface area contributed by atoms with E-state index in [9.17, 15) is 0 Å². The van der Waals surface area contributed by atoms with Crippen LogP contribution in [0.4, 0.5) is 5.69 Å². The van der Waals surface area contributed by atoms with Crippen LogP contribution < -0.4 is 16.4 Å². The van der Waals surface area contributed by atoms with Gasteiger partial charge in [-0.15, -0.1) is 0 Å². The first kappa shape index (κ1) is 15.2. The highest BCUT2D eigenvalue weighted by Crippen LogP contribution is 2.20. The molecule has 0 saturated heterocycles. The molecule has 4 nitrogen and oxygen atoms in total. The van der Waals surface area contributed by atoms with Crippen molar-refractivity contribution in [1.29, 1.82) is 0 Å². The van der Waals surface area contributed by atoms with E-state index in [4.69, 9.17) is 23.1 Å². The maximum Gasteiger partial charge on any atom is 0.185 e. The molecule has 0 heterocycles. The maximum absolute atomic E-state index is 5.95. The van der Waals surface area contributed by atoms with Gasteiger partial charge in [0.2, 0.25) is 0 Å². The highest BCUT2D eigenvalue weighted by Gasteiger charge is 2.07. The lowest BCUT2D eigenvalue weighted by Gasteiger charge is -2.24. The molecular formula is C16H19ClN4. The third-order valence-corrected chi connectivity index (χ3v) is 3.32. The van der Waals surface area contributed by atoms with Gasteiger partial charge in [0, 0.05) is 23.8 Å². The lowest BCUT2D eigenvalue weighted by molar-refractivity contribution is 0.789. The van der Waals surface area contributed by atoms with Crippen molar-refractivity contribution < 1.29 is 0 Å². The van der Waals surface area contributed by atoms with Crippen molar-refractivity contribution in [3.05, 3.63) is 65.2 Å². The van der Waals surface area contributed by atoms with Crippen LogP contribution in [0.15, 0.2) is 59.6 Å². The second-order valence-electron chi connectivity index (χ2n) is 4.69. The molecule has 2 aromatic carbocycles. The molecule has 0 aliphatic carbocycles. The fourth-order valence-electron chi connectivity index (χ4n) is 2.05. The average molecular weight is 303 g/mol. The van der Waals surface area contributed by atoms with E-state index in [-0.39, 0.29) is 5.96 Å². The minimum absolute atomic E-state index is 0.116. The Balaban J connectivity index is 2.13. The Morgan fingerprint density at radius 2 is 1.67 bits per heavy atom. The third-order valence-electron chi connectivity index (χ3n) is 3.07. The number of guanidine groups is 1. The molecule has 110 valence electrons. The quantitative estimate of drug-likeness (QED) is 0.637. The maximum atomic E-state index is 5.95. The Morgan fingerprint density at radius 3 is 2.29 bits per heavy atom. The van der Waals surface area contributed by atoms with Gasteiger partial charge in [-0.05, 0) is 29.8 Å². The number of hydrogen-bond donors (Lipinski definition) is 2. The molecule has 0 atom stereocenters. The smallest absolute Gasteiger partial charge is 0.185 e. The van der Waals surface area contributed by atoms with Crippen molar-refractivity contribution in [2.45, 2.75) is 6.54 Å². The summed E-state index contributed by atoms with van der Waals surface area (Å²) in [6, 6.07) is 18.0. The Hall–Kier alpha value is -2.20. The molecule has 2 rings (SSSR count). The SMILES string of the molecule is NC(N)=NCCN(Cc1ccccc1)c1ccc(Cl)cc1. The van der Waals surface area contributed by atoms with Crippen molar-refractivity contribution in [3.63, 3.8) is 0 Å². The first-order chi connectivity index (χ1) is 10.1. The Morgan fingerprint density at radius 1 is 1.00 bits per heavy atom. The molecule has 5 heteroatoms. The number of hydrogen-bond acceptors (Lipinski definition) is 2. The predicted octanol–water partition coefficient (Wildman–Crippen LogP) is 2.62. The summed E-state index contributed by atoms with van der Waals surface area (Å²) in [5, 5.41) is 0.725. The molecule has 2 aromatic rings. The summed E-state index contributed by atoms with van der Waals surface area (Å²) in [4.78, 5) is 6.27. The molecule has 0 fully saturated rings. The molecule has 0 radical (unpaired) electrons. The highest BCUT2D eigenvalue weighted by molar-refractivity contribution is 6.30. The van der Waals surface area contributed by atoms with Crippen LogP contribution in [0.3, 0.4) is 0 Å². The van der Waals surface area contributed by atoms with Crippen molar-refractivity contribution in [3.8, 4) is 0 Å². The molecule has 0 saturated carbocycles. The van der Waals surface area contributed by atoms with Crippen molar-refractivity contribution in [1.82, 2.24) is 0 Å². The van der Waals surface area contributed by atoms with Crippen LogP contribution in [0.1, 0.15) is 5.56 Å². The largest absolute Gasteiger partial charge is 0.370 e. The van der Waals surface area contributed by atoms with E-state index < -0.39 is 0 Å². The topological polar surface area (TPSA) is 67.6 Å². The summed E-state index contributed by atoms with van der Waals surface area (Å²) in [6.07, 6.45) is 0. The van der Waals surface area contributed by atoms with E-state index in [0.717, 1.165) is 23.8 Å². The van der Waals surface area contributed by atoms with Crippen LogP contribution in [-0.2, 0) is 6.54 Å². The number of aliphatic imine (C=N–C) groups is 1. The molecule has 0 spiro atoms. The predicted molar refractivity (Wildman–Crippen MR) is 89.6 cm³/mol. The standard InChI is InChI=1S/C16H19ClN4/c17-14-6-8-15(9-7-14)21(11-10-20-16(18)19)12-13-4-2-1-3-5-13/h1-9H,10-12H2,(H4,18,19,20). The van der Waals surface area contributed by atoms with E-state index in [0.29, 0.717) is 6.54 Å². The fraction of sp³-hybridized carbons (Fsp3) is 0.188. The molecule has 0 aliphatic rings. The van der Waals surface area contributed by atoms with E-state index in [1.54, 1.807) is 0 Å². The van der Waals surface area contributed by atoms with Gasteiger partial charge in [-0.3, -0.25) is 4.99 Å². The van der Waals surface area contributed by atoms with E-state index in [1.165, 1.54) is 5.56 Å². The van der Waals surface area contributed by atoms with E-state index >= 15 is 0 Å². The minimum atomic E-state index is 0.116. The van der Waals surface area contributed by atoms with Gasteiger partial charge in [-0.2, -0.15) is 0 Å². The van der Waals surface area contributed by atoms with Gasteiger partial charge in [0.1, 0.15) is 0 Å². The molecule has 0 amide bonds. The van der Waals surface area contributed by atoms with Gasteiger partial charge in [0.15, 0.2) is 5.96 Å². The Labute approximate surface area is 130 Å². The lowest BCUT2D eigenvalue weighted by Crippen LogP contribution is -2.28. The van der Waals surface area contributed by atoms with E-state index in [1.807, 2.05) is 42.5 Å². The molecule has 0 unspecified atom stereocenters. The fourth-order valence-corrected chi connectivity index (χ4v) is 2.18. The second kappa shape index (κ2) is 7.55. The zero-order valence-corrected chi connectivity index (χ0v) is 12.5. The third kappa shape index (κ3) is 5.00. The van der Waals surface area contributed by atoms with Crippen LogP contribution in [0, 0.1) is 0 Å². The Bertz CT molecular complexity index is 577. The van der Waals surface area contributed by atoms with Crippen molar-refractivity contribution >= 4 is 23.2 Å². The van der Waals surface area contributed by atoms with Crippen LogP contribution in [0.2, 0.25) is 5.02 Å². The molecule has 4 N–H and O–H groups in total. The minimum Gasteiger partial charge on any atom is -0.370 e. The van der Waals surface area contributed by atoms with Gasteiger partial charge in [0.25, 0.3) is 0 Å². The molecule has 21 heavy (non-hydrogen) atoms. The number of anilines is 1. The van der Waals surface area contributed by atoms with Gasteiger partial charge >= 0.3 is 0 Å².